The molecule has 2 aliphatic carbocycles. The van der Waals surface area contributed by atoms with Gasteiger partial charge in [0.25, 0.3) is 0 Å². The lowest BCUT2D eigenvalue weighted by molar-refractivity contribution is -0.125. The first kappa shape index (κ1) is 15.9. The lowest BCUT2D eigenvalue weighted by Crippen LogP contribution is -2.69. The lowest BCUT2D eigenvalue weighted by Gasteiger charge is -2.57. The van der Waals surface area contributed by atoms with Crippen molar-refractivity contribution in [3.8, 4) is 0 Å². The Bertz CT molecular complexity index is 594. The fourth-order valence-electron chi connectivity index (χ4n) is 5.25. The van der Waals surface area contributed by atoms with Gasteiger partial charge in [0.05, 0.1) is 12.1 Å². The molecule has 3 fully saturated rings. The van der Waals surface area contributed by atoms with Gasteiger partial charge in [0.2, 0.25) is 0 Å². The molecule has 4 atom stereocenters. The molecular formula is C20H29N3O. The van der Waals surface area contributed by atoms with Gasteiger partial charge >= 0.3 is 0 Å². The van der Waals surface area contributed by atoms with Crippen LogP contribution in [0.15, 0.2) is 35.3 Å². The van der Waals surface area contributed by atoms with Gasteiger partial charge in [-0.05, 0) is 31.7 Å². The van der Waals surface area contributed by atoms with E-state index >= 15 is 0 Å². The number of benzene rings is 1. The topological polar surface area (TPSA) is 45.7 Å². The van der Waals surface area contributed by atoms with Gasteiger partial charge in [-0.2, -0.15) is 0 Å². The van der Waals surface area contributed by atoms with Crippen molar-refractivity contribution in [2.45, 2.75) is 57.2 Å². The molecule has 1 aromatic rings. The normalized spacial score (nSPS) is 32.2. The third kappa shape index (κ3) is 2.52. The quantitative estimate of drug-likeness (QED) is 0.662. The van der Waals surface area contributed by atoms with Gasteiger partial charge in [-0.1, -0.05) is 43.2 Å². The molecule has 4 unspecified atom stereocenters. The van der Waals surface area contributed by atoms with E-state index in [9.17, 15) is 0 Å². The van der Waals surface area contributed by atoms with Gasteiger partial charge in [-0.3, -0.25) is 4.99 Å². The maximum absolute atomic E-state index is 6.09. The molecular weight excluding hydrogens is 298 g/mol. The van der Waals surface area contributed by atoms with Crippen LogP contribution in [0, 0.1) is 11.3 Å². The second kappa shape index (κ2) is 6.40. The zero-order chi connectivity index (χ0) is 16.6. The molecule has 1 aromatic carbocycles. The highest BCUT2D eigenvalue weighted by atomic mass is 16.5. The number of nitrogens with one attached hydrogen (secondary N) is 2. The zero-order valence-corrected chi connectivity index (χ0v) is 14.8. The van der Waals surface area contributed by atoms with Crippen LogP contribution in [-0.2, 0) is 4.74 Å². The van der Waals surface area contributed by atoms with Crippen LogP contribution < -0.4 is 10.6 Å². The smallest absolute Gasteiger partial charge is 0.191 e. The van der Waals surface area contributed by atoms with Gasteiger partial charge in [-0.15, -0.1) is 0 Å². The maximum Gasteiger partial charge on any atom is 0.191 e. The summed E-state index contributed by atoms with van der Waals surface area (Å²) in [5.74, 6) is 1.58. The third-order valence-corrected chi connectivity index (χ3v) is 6.45. The standard InChI is InChI=1S/C20H29N3O/c1-14(15-8-4-3-5-9-15)22-19(21-2)23-17-16-10-13-24-18(16)20(17)11-6-7-12-20/h3-5,8-9,14,16-18H,6-7,10-13H2,1-2H3,(H2,21,22,23). The van der Waals surface area contributed by atoms with Crippen LogP contribution in [0.4, 0.5) is 0 Å². The van der Waals surface area contributed by atoms with E-state index in [0.29, 0.717) is 23.5 Å². The summed E-state index contributed by atoms with van der Waals surface area (Å²) in [4.78, 5) is 4.50. The Morgan fingerprint density at radius 1 is 1.25 bits per heavy atom. The van der Waals surface area contributed by atoms with E-state index in [1.807, 2.05) is 7.05 Å². The number of aliphatic imine (C=N–C) groups is 1. The highest BCUT2D eigenvalue weighted by Gasteiger charge is 2.65. The number of ether oxygens (including phenoxy) is 1. The van der Waals surface area contributed by atoms with Crippen LogP contribution in [0.3, 0.4) is 0 Å². The molecule has 2 N–H and O–H groups in total. The SMILES string of the molecule is CN=C(NC(C)c1ccccc1)NC1C2CCOC2C12CCCC2. The van der Waals surface area contributed by atoms with Gasteiger partial charge in [0.15, 0.2) is 5.96 Å². The van der Waals surface area contributed by atoms with Gasteiger partial charge in [0.1, 0.15) is 0 Å². The summed E-state index contributed by atoms with van der Waals surface area (Å²) in [5.41, 5.74) is 1.64. The van der Waals surface area contributed by atoms with Crippen LogP contribution in [0.2, 0.25) is 0 Å². The minimum absolute atomic E-state index is 0.243. The number of hydrogen-bond acceptors (Lipinski definition) is 2. The molecule has 1 spiro atoms. The van der Waals surface area contributed by atoms with E-state index in [-0.39, 0.29) is 6.04 Å². The highest BCUT2D eigenvalue weighted by Crippen LogP contribution is 2.60. The molecule has 4 heteroatoms. The average molecular weight is 327 g/mol. The molecule has 3 aliphatic rings. The Hall–Kier alpha value is -1.55. The van der Waals surface area contributed by atoms with Crippen molar-refractivity contribution in [3.05, 3.63) is 35.9 Å². The molecule has 2 saturated carbocycles. The van der Waals surface area contributed by atoms with Crippen molar-refractivity contribution >= 4 is 5.96 Å². The second-order valence-electron chi connectivity index (χ2n) is 7.66. The molecule has 4 nitrogen and oxygen atoms in total. The molecule has 0 amide bonds. The molecule has 1 heterocycles. The molecule has 4 rings (SSSR count). The molecule has 0 aromatic heterocycles. The number of nitrogens with zero attached hydrogens (tertiary/aromatic N) is 1. The summed E-state index contributed by atoms with van der Waals surface area (Å²) < 4.78 is 6.09. The largest absolute Gasteiger partial charge is 0.377 e. The molecule has 130 valence electrons. The summed E-state index contributed by atoms with van der Waals surface area (Å²) in [6, 6.07) is 11.3. The second-order valence-corrected chi connectivity index (χ2v) is 7.66. The van der Waals surface area contributed by atoms with E-state index in [1.54, 1.807) is 0 Å². The van der Waals surface area contributed by atoms with Gasteiger partial charge < -0.3 is 15.4 Å². The zero-order valence-electron chi connectivity index (χ0n) is 14.8. The highest BCUT2D eigenvalue weighted by molar-refractivity contribution is 5.80. The number of rotatable bonds is 3. The predicted molar refractivity (Wildman–Crippen MR) is 97.0 cm³/mol. The Balaban J connectivity index is 1.45. The minimum atomic E-state index is 0.243. The van der Waals surface area contributed by atoms with Crippen molar-refractivity contribution < 1.29 is 4.74 Å². The lowest BCUT2D eigenvalue weighted by atomic mass is 9.54. The van der Waals surface area contributed by atoms with Crippen LogP contribution in [0.1, 0.15) is 50.6 Å². The summed E-state index contributed by atoms with van der Waals surface area (Å²) in [7, 11) is 1.87. The van der Waals surface area contributed by atoms with Crippen molar-refractivity contribution in [1.82, 2.24) is 10.6 Å². The first-order valence-electron chi connectivity index (χ1n) is 9.41. The third-order valence-electron chi connectivity index (χ3n) is 6.45. The summed E-state index contributed by atoms with van der Waals surface area (Å²) in [6.07, 6.45) is 6.97. The Morgan fingerprint density at radius 3 is 2.71 bits per heavy atom. The summed E-state index contributed by atoms with van der Waals surface area (Å²) in [6.45, 7) is 3.12. The average Bonchev–Trinajstić information content (AvgIpc) is 3.27. The number of hydrogen-bond donors (Lipinski definition) is 2. The van der Waals surface area contributed by atoms with Crippen LogP contribution in [0.25, 0.3) is 0 Å². The molecule has 24 heavy (non-hydrogen) atoms. The monoisotopic (exact) mass is 327 g/mol. The van der Waals surface area contributed by atoms with Gasteiger partial charge in [-0.25, -0.2) is 0 Å². The minimum Gasteiger partial charge on any atom is -0.377 e. The Labute approximate surface area is 145 Å². The van der Waals surface area contributed by atoms with Crippen LogP contribution in [-0.4, -0.2) is 31.8 Å². The molecule has 0 radical (unpaired) electrons. The first-order valence-corrected chi connectivity index (χ1v) is 9.41. The Kier molecular flexibility index (Phi) is 4.25. The fourth-order valence-corrected chi connectivity index (χ4v) is 5.25. The first-order chi connectivity index (χ1) is 11.7. The molecule has 1 aliphatic heterocycles. The van der Waals surface area contributed by atoms with Gasteiger partial charge in [0, 0.05) is 31.0 Å². The van der Waals surface area contributed by atoms with Crippen LogP contribution in [0.5, 0.6) is 0 Å². The van der Waals surface area contributed by atoms with Crippen LogP contribution >= 0.6 is 0 Å². The van der Waals surface area contributed by atoms with E-state index in [4.69, 9.17) is 4.74 Å². The van der Waals surface area contributed by atoms with Crippen molar-refractivity contribution in [3.63, 3.8) is 0 Å². The number of fused-ring (bicyclic) bond motifs is 2. The Morgan fingerprint density at radius 2 is 2.00 bits per heavy atom. The van der Waals surface area contributed by atoms with Crippen molar-refractivity contribution in [2.24, 2.45) is 16.3 Å². The molecule has 0 bridgehead atoms. The molecule has 1 saturated heterocycles. The van der Waals surface area contributed by atoms with Crippen molar-refractivity contribution in [2.75, 3.05) is 13.7 Å². The fraction of sp³-hybridized carbons (Fsp3) is 0.650. The van der Waals surface area contributed by atoms with E-state index in [2.05, 4.69) is 52.9 Å². The predicted octanol–water partition coefficient (Wildman–Crippen LogP) is 3.26. The summed E-state index contributed by atoms with van der Waals surface area (Å²) in [5, 5.41) is 7.33. The summed E-state index contributed by atoms with van der Waals surface area (Å²) >= 11 is 0. The van der Waals surface area contributed by atoms with E-state index in [1.165, 1.54) is 37.7 Å². The van der Waals surface area contributed by atoms with E-state index < -0.39 is 0 Å². The van der Waals surface area contributed by atoms with Crippen molar-refractivity contribution in [1.29, 1.82) is 0 Å². The number of guanidine groups is 1. The maximum atomic E-state index is 6.09. The van der Waals surface area contributed by atoms with E-state index in [0.717, 1.165) is 12.6 Å².